The fourth-order valence-corrected chi connectivity index (χ4v) is 3.71. The third kappa shape index (κ3) is 3.41. The highest BCUT2D eigenvalue weighted by Crippen LogP contribution is 2.44. The number of hydrogen-bond acceptors (Lipinski definition) is 3. The monoisotopic (exact) mass is 277 g/mol. The van der Waals surface area contributed by atoms with E-state index in [9.17, 15) is 0 Å². The molecule has 0 radical (unpaired) electrons. The van der Waals surface area contributed by atoms with Crippen molar-refractivity contribution in [1.82, 2.24) is 14.5 Å². The molecule has 3 rings (SSSR count). The van der Waals surface area contributed by atoms with Gasteiger partial charge in [-0.25, -0.2) is 4.98 Å². The van der Waals surface area contributed by atoms with Crippen LogP contribution in [0.3, 0.4) is 0 Å². The molecule has 2 aliphatic rings. The lowest BCUT2D eigenvalue weighted by Gasteiger charge is -2.45. The van der Waals surface area contributed by atoms with Crippen molar-refractivity contribution >= 4 is 0 Å². The summed E-state index contributed by atoms with van der Waals surface area (Å²) in [4.78, 5) is 6.53. The van der Waals surface area contributed by atoms with Gasteiger partial charge in [-0.1, -0.05) is 0 Å². The Morgan fingerprint density at radius 3 is 2.60 bits per heavy atom. The standard InChI is InChI=1S/C16H27N3O/c1-18-9-6-16(7-10-18)4-2-15(3-5-16)20-13-12-19-11-8-17-14-19/h8,11,14-15H,2-7,9-10,12-13H2,1H3. The summed E-state index contributed by atoms with van der Waals surface area (Å²) >= 11 is 0. The first-order valence-corrected chi connectivity index (χ1v) is 8.02. The maximum atomic E-state index is 6.05. The number of hydrogen-bond donors (Lipinski definition) is 0. The van der Waals surface area contributed by atoms with E-state index in [1.807, 2.05) is 18.7 Å². The van der Waals surface area contributed by atoms with Gasteiger partial charge in [0.2, 0.25) is 0 Å². The van der Waals surface area contributed by atoms with Gasteiger partial charge >= 0.3 is 0 Å². The number of nitrogens with zero attached hydrogens (tertiary/aromatic N) is 3. The van der Waals surface area contributed by atoms with Crippen molar-refractivity contribution in [2.45, 2.75) is 51.2 Å². The summed E-state index contributed by atoms with van der Waals surface area (Å²) in [6.07, 6.45) is 14.2. The minimum absolute atomic E-state index is 0.490. The molecule has 0 amide bonds. The molecule has 4 heteroatoms. The molecule has 1 saturated heterocycles. The smallest absolute Gasteiger partial charge is 0.0946 e. The van der Waals surface area contributed by atoms with E-state index >= 15 is 0 Å². The van der Waals surface area contributed by atoms with E-state index in [1.54, 1.807) is 0 Å². The zero-order valence-corrected chi connectivity index (χ0v) is 12.6. The van der Waals surface area contributed by atoms with Crippen LogP contribution in [-0.2, 0) is 11.3 Å². The Morgan fingerprint density at radius 1 is 1.20 bits per heavy atom. The van der Waals surface area contributed by atoms with Crippen molar-refractivity contribution in [2.24, 2.45) is 5.41 Å². The van der Waals surface area contributed by atoms with Gasteiger partial charge < -0.3 is 14.2 Å². The SMILES string of the molecule is CN1CCC2(CCC(OCCn3ccnc3)CC2)CC1. The number of piperidine rings is 1. The lowest BCUT2D eigenvalue weighted by molar-refractivity contribution is -0.0232. The summed E-state index contributed by atoms with van der Waals surface area (Å²) in [5.41, 5.74) is 0.650. The third-order valence-electron chi connectivity index (χ3n) is 5.30. The van der Waals surface area contributed by atoms with E-state index in [1.165, 1.54) is 51.6 Å². The van der Waals surface area contributed by atoms with Crippen LogP contribution in [0.1, 0.15) is 38.5 Å². The molecule has 1 aromatic heterocycles. The van der Waals surface area contributed by atoms with Crippen molar-refractivity contribution in [3.8, 4) is 0 Å². The van der Waals surface area contributed by atoms with Gasteiger partial charge in [0.25, 0.3) is 0 Å². The largest absolute Gasteiger partial charge is 0.376 e. The van der Waals surface area contributed by atoms with E-state index in [4.69, 9.17) is 4.74 Å². The van der Waals surface area contributed by atoms with Crippen LogP contribution in [0.5, 0.6) is 0 Å². The number of likely N-dealkylation sites (tertiary alicyclic amines) is 1. The molecule has 0 atom stereocenters. The molecule has 20 heavy (non-hydrogen) atoms. The van der Waals surface area contributed by atoms with Crippen LogP contribution in [0.15, 0.2) is 18.7 Å². The van der Waals surface area contributed by atoms with Crippen LogP contribution in [0.4, 0.5) is 0 Å². The van der Waals surface area contributed by atoms with Crippen LogP contribution in [0.2, 0.25) is 0 Å². The van der Waals surface area contributed by atoms with Crippen LogP contribution >= 0.6 is 0 Å². The Hall–Kier alpha value is -0.870. The second kappa shape index (κ2) is 6.27. The molecule has 0 bridgehead atoms. The molecule has 1 saturated carbocycles. The molecular formula is C16H27N3O. The first-order chi connectivity index (χ1) is 9.76. The average Bonchev–Trinajstić information content (AvgIpc) is 2.98. The van der Waals surface area contributed by atoms with E-state index < -0.39 is 0 Å². The first-order valence-electron chi connectivity index (χ1n) is 8.02. The predicted molar refractivity (Wildman–Crippen MR) is 79.6 cm³/mol. The number of aromatic nitrogens is 2. The van der Waals surface area contributed by atoms with Gasteiger partial charge in [-0.3, -0.25) is 0 Å². The van der Waals surface area contributed by atoms with Gasteiger partial charge in [0.15, 0.2) is 0 Å². The molecule has 0 unspecified atom stereocenters. The second-order valence-corrected chi connectivity index (χ2v) is 6.67. The highest BCUT2D eigenvalue weighted by atomic mass is 16.5. The van der Waals surface area contributed by atoms with E-state index in [0.29, 0.717) is 11.5 Å². The summed E-state index contributed by atoms with van der Waals surface area (Å²) in [7, 11) is 2.25. The van der Waals surface area contributed by atoms with Crippen molar-refractivity contribution in [3.05, 3.63) is 18.7 Å². The Bertz CT molecular complexity index is 386. The summed E-state index contributed by atoms with van der Waals surface area (Å²) < 4.78 is 8.14. The lowest BCUT2D eigenvalue weighted by Crippen LogP contribution is -2.41. The van der Waals surface area contributed by atoms with Crippen molar-refractivity contribution in [1.29, 1.82) is 0 Å². The van der Waals surface area contributed by atoms with Crippen LogP contribution in [0.25, 0.3) is 0 Å². The normalized spacial score (nSPS) is 24.2. The fraction of sp³-hybridized carbons (Fsp3) is 0.812. The fourth-order valence-electron chi connectivity index (χ4n) is 3.71. The van der Waals surface area contributed by atoms with E-state index in [2.05, 4.69) is 21.5 Å². The van der Waals surface area contributed by atoms with Gasteiger partial charge in [-0.05, 0) is 64.1 Å². The summed E-state index contributed by atoms with van der Waals surface area (Å²) in [6, 6.07) is 0. The molecule has 1 aromatic rings. The molecule has 1 aliphatic carbocycles. The predicted octanol–water partition coefficient (Wildman–Crippen LogP) is 2.55. The topological polar surface area (TPSA) is 30.3 Å². The highest BCUT2D eigenvalue weighted by molar-refractivity contribution is 4.90. The van der Waals surface area contributed by atoms with E-state index in [-0.39, 0.29) is 0 Å². The summed E-state index contributed by atoms with van der Waals surface area (Å²) in [5.74, 6) is 0. The third-order valence-corrected chi connectivity index (χ3v) is 5.30. The number of imidazole rings is 1. The molecule has 2 fully saturated rings. The maximum absolute atomic E-state index is 6.05. The summed E-state index contributed by atoms with van der Waals surface area (Å²) in [5, 5.41) is 0. The Morgan fingerprint density at radius 2 is 1.95 bits per heavy atom. The molecule has 1 aliphatic heterocycles. The molecular weight excluding hydrogens is 250 g/mol. The van der Waals surface area contributed by atoms with Crippen molar-refractivity contribution in [2.75, 3.05) is 26.7 Å². The molecule has 1 spiro atoms. The molecule has 4 nitrogen and oxygen atoms in total. The average molecular weight is 277 g/mol. The van der Waals surface area contributed by atoms with Crippen molar-refractivity contribution < 1.29 is 4.74 Å². The molecule has 0 aromatic carbocycles. The zero-order valence-electron chi connectivity index (χ0n) is 12.6. The first kappa shape index (κ1) is 14.1. The molecule has 2 heterocycles. The highest BCUT2D eigenvalue weighted by Gasteiger charge is 2.37. The van der Waals surface area contributed by atoms with Crippen molar-refractivity contribution in [3.63, 3.8) is 0 Å². The van der Waals surface area contributed by atoms with Gasteiger partial charge in [-0.2, -0.15) is 0 Å². The second-order valence-electron chi connectivity index (χ2n) is 6.67. The van der Waals surface area contributed by atoms with Gasteiger partial charge in [0, 0.05) is 18.9 Å². The number of ether oxygens (including phenoxy) is 1. The zero-order chi connectivity index (χ0) is 13.8. The van der Waals surface area contributed by atoms with Gasteiger partial charge in [-0.15, -0.1) is 0 Å². The Labute approximate surface area is 122 Å². The Balaban J connectivity index is 1.38. The van der Waals surface area contributed by atoms with Crippen LogP contribution < -0.4 is 0 Å². The van der Waals surface area contributed by atoms with Crippen LogP contribution in [0, 0.1) is 5.41 Å². The lowest BCUT2D eigenvalue weighted by atomic mass is 9.67. The molecule has 0 N–H and O–H groups in total. The minimum atomic E-state index is 0.490. The number of rotatable bonds is 4. The quantitative estimate of drug-likeness (QED) is 0.847. The molecule has 112 valence electrons. The maximum Gasteiger partial charge on any atom is 0.0946 e. The Kier molecular flexibility index (Phi) is 4.41. The van der Waals surface area contributed by atoms with Crippen LogP contribution in [-0.4, -0.2) is 47.3 Å². The van der Waals surface area contributed by atoms with Gasteiger partial charge in [0.1, 0.15) is 0 Å². The van der Waals surface area contributed by atoms with Gasteiger partial charge in [0.05, 0.1) is 19.0 Å². The minimum Gasteiger partial charge on any atom is -0.376 e. The summed E-state index contributed by atoms with van der Waals surface area (Å²) in [6.45, 7) is 4.31. The van der Waals surface area contributed by atoms with E-state index in [0.717, 1.165) is 13.2 Å².